The number of aliphatic hydroxyl groups is 1. The Labute approximate surface area is 418 Å². The minimum absolute atomic E-state index is 0.00666. The number of aromatic nitrogens is 1. The molecule has 0 spiro atoms. The number of hydrogen-bond acceptors (Lipinski definition) is 12. The zero-order valence-electron chi connectivity index (χ0n) is 42.1. The molecule has 0 radical (unpaired) electrons. The number of halogens is 1. The van der Waals surface area contributed by atoms with Crippen molar-refractivity contribution in [2.45, 2.75) is 112 Å². The second-order valence-electron chi connectivity index (χ2n) is 21.4. The number of likely N-dealkylation sites (tertiary alicyclic amines) is 1. The summed E-state index contributed by atoms with van der Waals surface area (Å²) in [7, 11) is 0. The molecule has 3 aromatic rings. The van der Waals surface area contributed by atoms with Crippen LogP contribution in [0.2, 0.25) is 5.02 Å². The summed E-state index contributed by atoms with van der Waals surface area (Å²) >= 11 is 6.29. The van der Waals surface area contributed by atoms with Crippen molar-refractivity contribution in [3.8, 4) is 11.8 Å². The van der Waals surface area contributed by atoms with Gasteiger partial charge in [0.2, 0.25) is 17.7 Å². The summed E-state index contributed by atoms with van der Waals surface area (Å²) < 4.78 is 12.3. The molecule has 1 aliphatic carbocycles. The van der Waals surface area contributed by atoms with E-state index in [1.807, 2.05) is 83.4 Å². The van der Waals surface area contributed by atoms with Crippen LogP contribution in [0, 0.1) is 27.6 Å². The Morgan fingerprint density at radius 2 is 1.71 bits per heavy atom. The molecule has 7 rings (SSSR count). The molecule has 15 nitrogen and oxygen atoms in total. The van der Waals surface area contributed by atoms with E-state index >= 15 is 0 Å². The number of rotatable bonds is 17. The monoisotopic (exact) mass is 976 g/mol. The number of carbonyl (C=O) groups is 3. The molecule has 3 fully saturated rings. The van der Waals surface area contributed by atoms with Gasteiger partial charge in [0.25, 0.3) is 0 Å². The standard InChI is InChI=1S/C54H70ClN9O6/c1-33(36-11-13-37(14-12-36)42-19-20-57-35(42)3)59-48(67)44-27-40(65)31-64(44)49(68)47(52(4,5)6)61-46(66)32-69-26-25-62-21-23-63(24-22-62)45-18-16-39(30-58-45)34(2)60-50-53(7,8)51(54(50,9)10)70-41-17-15-38(29-56)43(55)28-41/h11-18,20,28,30,33,40,44,47,50-51,60,65H,2,19,21-27,31-32H2,1,3-10H3,(H,59,67)(H,61,66)/t33-,40+,44-,47+,50?,51?/m0/s1. The Balaban J connectivity index is 0.830. The number of amides is 3. The van der Waals surface area contributed by atoms with Gasteiger partial charge in [0.05, 0.1) is 29.3 Å². The maximum absolute atomic E-state index is 14.1. The summed E-state index contributed by atoms with van der Waals surface area (Å²) in [6, 6.07) is 17.3. The third kappa shape index (κ3) is 11.5. The molecule has 0 bridgehead atoms. The first-order valence-corrected chi connectivity index (χ1v) is 24.7. The van der Waals surface area contributed by atoms with Crippen LogP contribution in [-0.4, -0.2) is 127 Å². The number of pyridine rings is 1. The number of carbonyl (C=O) groups excluding carboxylic acids is 3. The van der Waals surface area contributed by atoms with Crippen LogP contribution in [-0.2, 0) is 19.1 Å². The number of hydrogen-bond donors (Lipinski definition) is 4. The second kappa shape index (κ2) is 21.3. The van der Waals surface area contributed by atoms with E-state index in [1.165, 1.54) is 10.5 Å². The zero-order chi connectivity index (χ0) is 50.7. The molecule has 1 aromatic heterocycles. The maximum Gasteiger partial charge on any atom is 0.246 e. The number of aliphatic imine (C=N–C) groups is 1. The summed E-state index contributed by atoms with van der Waals surface area (Å²) in [5, 5.41) is 29.9. The van der Waals surface area contributed by atoms with Gasteiger partial charge in [-0.25, -0.2) is 4.98 Å². The molecule has 1 saturated carbocycles. The molecule has 2 aromatic carbocycles. The largest absolute Gasteiger partial charge is 0.489 e. The number of β-amino-alcohol motifs (C(OH)–C–C–N with tert-alkyl or cyclic N) is 1. The molecule has 4 heterocycles. The van der Waals surface area contributed by atoms with Crippen molar-refractivity contribution in [3.63, 3.8) is 0 Å². The number of nitriles is 1. The quantitative estimate of drug-likeness (QED) is 0.105. The average molecular weight is 977 g/mol. The lowest BCUT2D eigenvalue weighted by molar-refractivity contribution is -0.163. The smallest absolute Gasteiger partial charge is 0.246 e. The molecule has 16 heteroatoms. The fourth-order valence-electron chi connectivity index (χ4n) is 10.7. The van der Waals surface area contributed by atoms with Gasteiger partial charge in [-0.05, 0) is 60.2 Å². The van der Waals surface area contributed by atoms with Gasteiger partial charge in [-0.15, -0.1) is 0 Å². The Morgan fingerprint density at radius 3 is 2.31 bits per heavy atom. The van der Waals surface area contributed by atoms with E-state index in [4.69, 9.17) is 26.1 Å². The van der Waals surface area contributed by atoms with Gasteiger partial charge in [-0.2, -0.15) is 5.26 Å². The average Bonchev–Trinajstić information content (AvgIpc) is 3.95. The summed E-state index contributed by atoms with van der Waals surface area (Å²) in [6.07, 6.45) is 3.68. The third-order valence-corrected chi connectivity index (χ3v) is 14.8. The number of anilines is 1. The number of nitrogens with zero attached hydrogens (tertiary/aromatic N) is 6. The lowest BCUT2D eigenvalue weighted by Gasteiger charge is -2.63. The van der Waals surface area contributed by atoms with Crippen LogP contribution in [0.3, 0.4) is 0 Å². The molecule has 3 aliphatic heterocycles. The second-order valence-corrected chi connectivity index (χ2v) is 21.8. The van der Waals surface area contributed by atoms with E-state index in [-0.39, 0.29) is 54.5 Å². The summed E-state index contributed by atoms with van der Waals surface area (Å²) in [5.74, 6) is 0.318. The molecular formula is C54H70ClN9O6. The first-order valence-electron chi connectivity index (χ1n) is 24.3. The van der Waals surface area contributed by atoms with Crippen molar-refractivity contribution in [1.82, 2.24) is 30.7 Å². The number of allylic oxidation sites excluding steroid dienone is 2. The van der Waals surface area contributed by atoms with Gasteiger partial charge in [-0.3, -0.25) is 24.3 Å². The minimum atomic E-state index is -0.950. The van der Waals surface area contributed by atoms with Gasteiger partial charge in [0, 0.05) is 104 Å². The van der Waals surface area contributed by atoms with E-state index in [1.54, 1.807) is 18.2 Å². The molecule has 0 unspecified atom stereocenters. The summed E-state index contributed by atoms with van der Waals surface area (Å²) in [6.45, 7) is 26.4. The SMILES string of the molecule is C=C(NC1C(C)(C)C(Oc2ccc(C#N)c(Cl)c2)C1(C)C)c1ccc(N2CCN(CCOCC(=O)N[C@H](C(=O)N3C[C@H](O)C[C@H]3C(=O)N[C@@H](C)c3ccc(C4=C(C)N=CC4)cc3)C(C)(C)C)CC2)nc1. The van der Waals surface area contributed by atoms with Crippen LogP contribution in [0.4, 0.5) is 5.82 Å². The highest BCUT2D eigenvalue weighted by Gasteiger charge is 2.63. The normalized spacial score (nSPS) is 22.7. The van der Waals surface area contributed by atoms with Crippen molar-refractivity contribution >= 4 is 52.6 Å². The number of piperazine rings is 1. The number of aliphatic hydroxyl groups excluding tert-OH is 1. The number of nitrogens with one attached hydrogen (secondary N) is 3. The first-order chi connectivity index (χ1) is 33.1. The number of ether oxygens (including phenoxy) is 2. The van der Waals surface area contributed by atoms with Crippen LogP contribution >= 0.6 is 11.6 Å². The minimum Gasteiger partial charge on any atom is -0.489 e. The van der Waals surface area contributed by atoms with E-state index in [9.17, 15) is 24.8 Å². The molecule has 3 amide bonds. The fourth-order valence-corrected chi connectivity index (χ4v) is 10.9. The van der Waals surface area contributed by atoms with Crippen LogP contribution < -0.4 is 25.6 Å². The Bertz CT molecular complexity index is 2510. The highest BCUT2D eigenvalue weighted by atomic mass is 35.5. The Hall–Kier alpha value is -5.79. The lowest BCUT2D eigenvalue weighted by atomic mass is 9.49. The fraction of sp³-hybridized carbons (Fsp3) is 0.519. The predicted molar refractivity (Wildman–Crippen MR) is 274 cm³/mol. The Morgan fingerprint density at radius 1 is 1.01 bits per heavy atom. The molecular weight excluding hydrogens is 906 g/mol. The van der Waals surface area contributed by atoms with Crippen LogP contribution in [0.15, 0.2) is 78.1 Å². The van der Waals surface area contributed by atoms with Crippen molar-refractivity contribution in [2.75, 3.05) is 57.4 Å². The van der Waals surface area contributed by atoms with E-state index in [0.29, 0.717) is 29.5 Å². The van der Waals surface area contributed by atoms with Gasteiger partial charge in [0.15, 0.2) is 0 Å². The van der Waals surface area contributed by atoms with Crippen molar-refractivity contribution in [2.24, 2.45) is 21.2 Å². The topological polar surface area (TPSA) is 185 Å². The number of benzene rings is 2. The van der Waals surface area contributed by atoms with Gasteiger partial charge < -0.3 is 40.3 Å². The van der Waals surface area contributed by atoms with E-state index < -0.39 is 35.4 Å². The zero-order valence-corrected chi connectivity index (χ0v) is 42.9. The molecule has 70 heavy (non-hydrogen) atoms. The van der Waals surface area contributed by atoms with Crippen LogP contribution in [0.5, 0.6) is 5.75 Å². The molecule has 4 atom stereocenters. The lowest BCUT2D eigenvalue weighted by Crippen LogP contribution is -2.73. The van der Waals surface area contributed by atoms with Crippen LogP contribution in [0.1, 0.15) is 103 Å². The maximum atomic E-state index is 14.1. The van der Waals surface area contributed by atoms with Crippen LogP contribution in [0.25, 0.3) is 11.3 Å². The summed E-state index contributed by atoms with van der Waals surface area (Å²) in [4.78, 5) is 56.2. The first kappa shape index (κ1) is 52.0. The molecule has 2 saturated heterocycles. The molecule has 4 aliphatic rings. The predicted octanol–water partition coefficient (Wildman–Crippen LogP) is 6.76. The molecule has 4 N–H and O–H groups in total. The van der Waals surface area contributed by atoms with E-state index in [2.05, 4.69) is 71.1 Å². The molecule has 374 valence electrons. The Kier molecular flexibility index (Phi) is 15.8. The third-order valence-electron chi connectivity index (χ3n) is 14.5. The van der Waals surface area contributed by atoms with Gasteiger partial charge >= 0.3 is 0 Å². The van der Waals surface area contributed by atoms with Crippen molar-refractivity contribution in [3.05, 3.63) is 100 Å². The highest BCUT2D eigenvalue weighted by Crippen LogP contribution is 2.56. The van der Waals surface area contributed by atoms with Crippen molar-refractivity contribution in [1.29, 1.82) is 5.26 Å². The van der Waals surface area contributed by atoms with E-state index in [0.717, 1.165) is 66.5 Å². The van der Waals surface area contributed by atoms with Gasteiger partial charge in [0.1, 0.15) is 42.4 Å². The highest BCUT2D eigenvalue weighted by molar-refractivity contribution is 6.31. The van der Waals surface area contributed by atoms with Gasteiger partial charge in [-0.1, -0.05) is 90.9 Å². The summed E-state index contributed by atoms with van der Waals surface area (Å²) in [5.41, 5.74) is 5.13. The van der Waals surface area contributed by atoms with Crippen molar-refractivity contribution < 1.29 is 29.0 Å².